The van der Waals surface area contributed by atoms with Crippen molar-refractivity contribution in [3.63, 3.8) is 0 Å². The van der Waals surface area contributed by atoms with Gasteiger partial charge < -0.3 is 5.32 Å². The fraction of sp³-hybridized carbons (Fsp3) is 0.667. The van der Waals surface area contributed by atoms with Crippen molar-refractivity contribution in [3.8, 4) is 0 Å². The largest absolute Gasteiger partial charge is 0.313 e. The molecule has 1 aromatic rings. The van der Waals surface area contributed by atoms with Crippen LogP contribution in [0.25, 0.3) is 0 Å². The highest BCUT2D eigenvalue weighted by molar-refractivity contribution is 9.10. The molecule has 0 heterocycles. The van der Waals surface area contributed by atoms with E-state index in [0.29, 0.717) is 10.8 Å². The first-order valence-electron chi connectivity index (χ1n) is 8.19. The molecule has 0 amide bonds. The first-order valence-corrected chi connectivity index (χ1v) is 8.99. The molecular formula is C18H24BrN. The molecule has 0 atom stereocenters. The SMILES string of the molecule is Brc1ccc(C2(CNC3CC3)CC3(CCCC3)C2)cc1. The highest BCUT2D eigenvalue weighted by Crippen LogP contribution is 2.62. The van der Waals surface area contributed by atoms with Gasteiger partial charge in [0.25, 0.3) is 0 Å². The Balaban J connectivity index is 1.55. The lowest BCUT2D eigenvalue weighted by atomic mass is 9.49. The maximum Gasteiger partial charge on any atom is 0.0175 e. The lowest BCUT2D eigenvalue weighted by Crippen LogP contribution is -2.54. The van der Waals surface area contributed by atoms with E-state index >= 15 is 0 Å². The van der Waals surface area contributed by atoms with E-state index in [-0.39, 0.29) is 0 Å². The Kier molecular flexibility index (Phi) is 3.23. The van der Waals surface area contributed by atoms with Crippen molar-refractivity contribution in [1.29, 1.82) is 0 Å². The summed E-state index contributed by atoms with van der Waals surface area (Å²) in [7, 11) is 0. The van der Waals surface area contributed by atoms with Crippen LogP contribution in [0.15, 0.2) is 28.7 Å². The molecule has 0 saturated heterocycles. The second-order valence-electron chi connectivity index (χ2n) is 7.50. The van der Waals surface area contributed by atoms with Gasteiger partial charge in [-0.15, -0.1) is 0 Å². The molecule has 1 spiro atoms. The Labute approximate surface area is 130 Å². The molecule has 0 unspecified atom stereocenters. The summed E-state index contributed by atoms with van der Waals surface area (Å²) in [6.07, 6.45) is 11.5. The van der Waals surface area contributed by atoms with Crippen LogP contribution in [0.3, 0.4) is 0 Å². The minimum atomic E-state index is 0.424. The third kappa shape index (κ3) is 2.35. The first kappa shape index (κ1) is 13.3. The summed E-state index contributed by atoms with van der Waals surface area (Å²) in [6, 6.07) is 9.95. The molecule has 0 aromatic heterocycles. The zero-order valence-electron chi connectivity index (χ0n) is 12.1. The van der Waals surface area contributed by atoms with Gasteiger partial charge in [0.1, 0.15) is 0 Å². The molecule has 3 aliphatic rings. The van der Waals surface area contributed by atoms with Gasteiger partial charge in [0.15, 0.2) is 0 Å². The highest BCUT2D eigenvalue weighted by Gasteiger charge is 2.55. The Morgan fingerprint density at radius 3 is 2.30 bits per heavy atom. The van der Waals surface area contributed by atoms with E-state index in [1.165, 1.54) is 62.4 Å². The third-order valence-electron chi connectivity index (χ3n) is 5.85. The molecule has 1 aromatic carbocycles. The van der Waals surface area contributed by atoms with Gasteiger partial charge in [-0.05, 0) is 61.6 Å². The van der Waals surface area contributed by atoms with E-state index in [1.54, 1.807) is 5.56 Å². The maximum atomic E-state index is 3.81. The van der Waals surface area contributed by atoms with Gasteiger partial charge in [-0.2, -0.15) is 0 Å². The molecular weight excluding hydrogens is 310 g/mol. The summed E-state index contributed by atoms with van der Waals surface area (Å²) in [6.45, 7) is 1.20. The van der Waals surface area contributed by atoms with Gasteiger partial charge in [0.05, 0.1) is 0 Å². The number of nitrogens with one attached hydrogen (secondary N) is 1. The van der Waals surface area contributed by atoms with E-state index in [0.717, 1.165) is 6.04 Å². The quantitative estimate of drug-likeness (QED) is 0.834. The Morgan fingerprint density at radius 1 is 1.05 bits per heavy atom. The van der Waals surface area contributed by atoms with Gasteiger partial charge in [-0.3, -0.25) is 0 Å². The average molecular weight is 334 g/mol. The van der Waals surface area contributed by atoms with Crippen molar-refractivity contribution in [2.45, 2.75) is 62.8 Å². The predicted molar refractivity (Wildman–Crippen MR) is 87.0 cm³/mol. The number of rotatable bonds is 4. The molecule has 1 N–H and O–H groups in total. The smallest absolute Gasteiger partial charge is 0.0175 e. The van der Waals surface area contributed by atoms with Crippen molar-refractivity contribution in [1.82, 2.24) is 5.32 Å². The Hall–Kier alpha value is -0.340. The molecule has 4 rings (SSSR count). The highest BCUT2D eigenvalue weighted by atomic mass is 79.9. The minimum absolute atomic E-state index is 0.424. The van der Waals surface area contributed by atoms with E-state index in [2.05, 4.69) is 45.5 Å². The molecule has 0 radical (unpaired) electrons. The maximum absolute atomic E-state index is 3.81. The fourth-order valence-electron chi connectivity index (χ4n) is 4.72. The van der Waals surface area contributed by atoms with E-state index in [1.807, 2.05) is 0 Å². The standard InChI is InChI=1S/C18H24BrN/c19-15-5-3-14(4-6-15)18(13-20-16-7-8-16)11-17(12-18)9-1-2-10-17/h3-6,16,20H,1-2,7-13H2. The van der Waals surface area contributed by atoms with Crippen LogP contribution in [0.2, 0.25) is 0 Å². The van der Waals surface area contributed by atoms with E-state index in [4.69, 9.17) is 0 Å². The lowest BCUT2D eigenvalue weighted by molar-refractivity contribution is 0.0267. The Morgan fingerprint density at radius 2 is 1.70 bits per heavy atom. The van der Waals surface area contributed by atoms with Crippen LogP contribution in [0.1, 0.15) is 56.9 Å². The molecule has 0 aliphatic heterocycles. The second-order valence-corrected chi connectivity index (χ2v) is 8.42. The van der Waals surface area contributed by atoms with Crippen molar-refractivity contribution >= 4 is 15.9 Å². The number of halogens is 1. The van der Waals surface area contributed by atoms with E-state index < -0.39 is 0 Å². The molecule has 0 bridgehead atoms. The minimum Gasteiger partial charge on any atom is -0.313 e. The number of hydrogen-bond acceptors (Lipinski definition) is 1. The summed E-state index contributed by atoms with van der Waals surface area (Å²) in [5, 5.41) is 3.81. The molecule has 108 valence electrons. The monoisotopic (exact) mass is 333 g/mol. The predicted octanol–water partition coefficient (Wildman–Crippen LogP) is 4.79. The zero-order valence-corrected chi connectivity index (χ0v) is 13.7. The van der Waals surface area contributed by atoms with Crippen LogP contribution < -0.4 is 5.32 Å². The van der Waals surface area contributed by atoms with Gasteiger partial charge in [0.2, 0.25) is 0 Å². The number of benzene rings is 1. The topological polar surface area (TPSA) is 12.0 Å². The van der Waals surface area contributed by atoms with Gasteiger partial charge >= 0.3 is 0 Å². The zero-order chi connectivity index (χ0) is 13.6. The van der Waals surface area contributed by atoms with Gasteiger partial charge in [-0.1, -0.05) is 40.9 Å². The van der Waals surface area contributed by atoms with Crippen LogP contribution in [0.5, 0.6) is 0 Å². The van der Waals surface area contributed by atoms with E-state index in [9.17, 15) is 0 Å². The van der Waals surface area contributed by atoms with Crippen molar-refractivity contribution in [3.05, 3.63) is 34.3 Å². The van der Waals surface area contributed by atoms with Crippen LogP contribution in [0, 0.1) is 5.41 Å². The molecule has 3 fully saturated rings. The third-order valence-corrected chi connectivity index (χ3v) is 6.38. The molecule has 1 nitrogen and oxygen atoms in total. The van der Waals surface area contributed by atoms with Gasteiger partial charge in [-0.25, -0.2) is 0 Å². The van der Waals surface area contributed by atoms with Crippen molar-refractivity contribution < 1.29 is 0 Å². The lowest BCUT2D eigenvalue weighted by Gasteiger charge is -2.56. The summed E-state index contributed by atoms with van der Waals surface area (Å²) < 4.78 is 1.20. The summed E-state index contributed by atoms with van der Waals surface area (Å²) in [5.41, 5.74) is 2.69. The first-order chi connectivity index (χ1) is 9.70. The number of hydrogen-bond donors (Lipinski definition) is 1. The van der Waals surface area contributed by atoms with Crippen molar-refractivity contribution in [2.75, 3.05) is 6.54 Å². The second kappa shape index (κ2) is 4.84. The fourth-order valence-corrected chi connectivity index (χ4v) is 4.99. The van der Waals surface area contributed by atoms with Crippen LogP contribution in [0.4, 0.5) is 0 Å². The molecule has 2 heteroatoms. The van der Waals surface area contributed by atoms with Crippen molar-refractivity contribution in [2.24, 2.45) is 5.41 Å². The summed E-state index contributed by atoms with van der Waals surface area (Å²) in [4.78, 5) is 0. The average Bonchev–Trinajstić information content (AvgIpc) is 3.12. The normalized spacial score (nSPS) is 26.6. The van der Waals surface area contributed by atoms with Crippen LogP contribution >= 0.6 is 15.9 Å². The van der Waals surface area contributed by atoms with Crippen LogP contribution in [-0.2, 0) is 5.41 Å². The summed E-state index contributed by atoms with van der Waals surface area (Å²) in [5.74, 6) is 0. The van der Waals surface area contributed by atoms with Crippen LogP contribution in [-0.4, -0.2) is 12.6 Å². The summed E-state index contributed by atoms with van der Waals surface area (Å²) >= 11 is 3.57. The molecule has 3 saturated carbocycles. The Bertz CT molecular complexity index is 475. The molecule has 3 aliphatic carbocycles. The molecule has 20 heavy (non-hydrogen) atoms. The van der Waals surface area contributed by atoms with Gasteiger partial charge in [0, 0.05) is 22.5 Å².